The fraction of sp³-hybridized carbons (Fsp3) is 0.450. The van der Waals surface area contributed by atoms with E-state index in [2.05, 4.69) is 4.98 Å². The lowest BCUT2D eigenvalue weighted by Crippen LogP contribution is -2.54. The van der Waals surface area contributed by atoms with Gasteiger partial charge in [0.25, 0.3) is 5.91 Å². The maximum absolute atomic E-state index is 12.9. The lowest BCUT2D eigenvalue weighted by atomic mass is 10.1. The van der Waals surface area contributed by atoms with E-state index in [1.165, 1.54) is 11.3 Å². The number of carboxylic acid groups (broad SMARTS) is 1. The van der Waals surface area contributed by atoms with E-state index >= 15 is 0 Å². The average Bonchev–Trinajstić information content (AvgIpc) is 3.34. The zero-order valence-electron chi connectivity index (χ0n) is 16.5. The van der Waals surface area contributed by atoms with Crippen LogP contribution in [0.4, 0.5) is 13.2 Å². The van der Waals surface area contributed by atoms with Crippen LogP contribution in [-0.2, 0) is 9.53 Å². The van der Waals surface area contributed by atoms with E-state index in [1.54, 1.807) is 6.20 Å². The van der Waals surface area contributed by atoms with Crippen molar-refractivity contribution >= 4 is 23.2 Å². The van der Waals surface area contributed by atoms with Crippen LogP contribution in [0.15, 0.2) is 35.8 Å². The van der Waals surface area contributed by atoms with Gasteiger partial charge < -0.3 is 19.5 Å². The summed E-state index contributed by atoms with van der Waals surface area (Å²) < 4.78 is 43.7. The van der Waals surface area contributed by atoms with Crippen LogP contribution in [0.1, 0.15) is 28.1 Å². The lowest BCUT2D eigenvalue weighted by Gasteiger charge is -2.38. The number of rotatable bonds is 3. The first kappa shape index (κ1) is 23.0. The highest BCUT2D eigenvalue weighted by Gasteiger charge is 2.46. The molecule has 1 amide bonds. The standard InChI is InChI=1S/C18H20N2O3S.C2HF3O2/c1-12-7-11-24-17(12)18(21)20-9-10-22-16-13(20)5-6-14(16)23-15-4-2-3-8-19-15;3-2(4,5)1(6)7/h2-4,7-8,11,13-14,16H,5-6,9-10H2,1H3;(H,6,7)/t13-,14+,16+;/m0./s1. The maximum Gasteiger partial charge on any atom is 0.490 e. The number of hydrogen-bond donors (Lipinski definition) is 1. The maximum atomic E-state index is 12.9. The van der Waals surface area contributed by atoms with Crippen LogP contribution >= 0.6 is 11.3 Å². The molecule has 0 unspecified atom stereocenters. The van der Waals surface area contributed by atoms with Crippen LogP contribution in [0.5, 0.6) is 5.88 Å². The molecule has 0 spiro atoms. The number of carbonyl (C=O) groups excluding carboxylic acids is 1. The van der Waals surface area contributed by atoms with Crippen molar-refractivity contribution in [3.63, 3.8) is 0 Å². The van der Waals surface area contributed by atoms with Gasteiger partial charge in [-0.3, -0.25) is 4.79 Å². The van der Waals surface area contributed by atoms with E-state index in [9.17, 15) is 18.0 Å². The Morgan fingerprint density at radius 1 is 1.29 bits per heavy atom. The minimum atomic E-state index is -5.08. The molecular weight excluding hydrogens is 437 g/mol. The highest BCUT2D eigenvalue weighted by molar-refractivity contribution is 7.12. The summed E-state index contributed by atoms with van der Waals surface area (Å²) in [6.45, 7) is 3.19. The molecular formula is C20H21F3N2O5S. The number of fused-ring (bicyclic) bond motifs is 1. The number of aryl methyl sites for hydroxylation is 1. The first-order valence-corrected chi connectivity index (χ1v) is 10.4. The highest BCUT2D eigenvalue weighted by Crippen LogP contribution is 2.34. The number of amides is 1. The SMILES string of the molecule is Cc1ccsc1C(=O)N1CCO[C@H]2[C@H](Oc3ccccn3)CC[C@@H]21.O=C(O)C(F)(F)F. The molecule has 0 aromatic carbocycles. The molecule has 4 rings (SSSR count). The second-order valence-electron chi connectivity index (χ2n) is 7.04. The summed E-state index contributed by atoms with van der Waals surface area (Å²) in [5.74, 6) is -2.02. The average molecular weight is 458 g/mol. The van der Waals surface area contributed by atoms with Crippen LogP contribution in [0.2, 0.25) is 0 Å². The van der Waals surface area contributed by atoms with Gasteiger partial charge in [0.15, 0.2) is 0 Å². The van der Waals surface area contributed by atoms with E-state index in [4.69, 9.17) is 19.4 Å². The summed E-state index contributed by atoms with van der Waals surface area (Å²) in [5.41, 5.74) is 1.05. The van der Waals surface area contributed by atoms with Gasteiger partial charge in [0.2, 0.25) is 5.88 Å². The molecule has 7 nitrogen and oxygen atoms in total. The summed E-state index contributed by atoms with van der Waals surface area (Å²) in [6, 6.07) is 7.71. The summed E-state index contributed by atoms with van der Waals surface area (Å²) >= 11 is 1.52. The number of morpholine rings is 1. The first-order chi connectivity index (χ1) is 14.7. The van der Waals surface area contributed by atoms with Crippen molar-refractivity contribution in [1.82, 2.24) is 9.88 Å². The molecule has 1 saturated heterocycles. The third kappa shape index (κ3) is 5.53. The van der Waals surface area contributed by atoms with Crippen molar-refractivity contribution in [2.24, 2.45) is 0 Å². The van der Waals surface area contributed by atoms with Gasteiger partial charge in [-0.05, 0) is 42.8 Å². The van der Waals surface area contributed by atoms with E-state index in [-0.39, 0.29) is 24.2 Å². The van der Waals surface area contributed by atoms with Crippen LogP contribution in [0.3, 0.4) is 0 Å². The molecule has 2 fully saturated rings. The second-order valence-corrected chi connectivity index (χ2v) is 7.95. The molecule has 1 N–H and O–H groups in total. The van der Waals surface area contributed by atoms with E-state index in [0.29, 0.717) is 19.0 Å². The third-order valence-corrected chi connectivity index (χ3v) is 6.01. The minimum absolute atomic E-state index is 0.0510. The number of aromatic nitrogens is 1. The van der Waals surface area contributed by atoms with Crippen molar-refractivity contribution in [3.8, 4) is 5.88 Å². The molecule has 2 aliphatic rings. The molecule has 1 aliphatic carbocycles. The van der Waals surface area contributed by atoms with Gasteiger partial charge in [0.1, 0.15) is 12.2 Å². The predicted molar refractivity (Wildman–Crippen MR) is 105 cm³/mol. The Balaban J connectivity index is 0.000000339. The number of halogens is 3. The first-order valence-electron chi connectivity index (χ1n) is 9.53. The zero-order chi connectivity index (χ0) is 22.6. The highest BCUT2D eigenvalue weighted by atomic mass is 32.1. The fourth-order valence-corrected chi connectivity index (χ4v) is 4.47. The van der Waals surface area contributed by atoms with Crippen LogP contribution in [0, 0.1) is 6.92 Å². The Bertz CT molecular complexity index is 906. The van der Waals surface area contributed by atoms with E-state index < -0.39 is 12.1 Å². The summed E-state index contributed by atoms with van der Waals surface area (Å²) in [4.78, 5) is 28.9. The van der Waals surface area contributed by atoms with E-state index in [0.717, 1.165) is 23.3 Å². The number of carbonyl (C=O) groups is 2. The second kappa shape index (κ2) is 9.65. The number of nitrogens with zero attached hydrogens (tertiary/aromatic N) is 2. The Morgan fingerprint density at radius 3 is 2.61 bits per heavy atom. The quantitative estimate of drug-likeness (QED) is 0.757. The van der Waals surface area contributed by atoms with Gasteiger partial charge >= 0.3 is 12.1 Å². The molecule has 3 atom stereocenters. The smallest absolute Gasteiger partial charge is 0.475 e. The third-order valence-electron chi connectivity index (χ3n) is 5.01. The van der Waals surface area contributed by atoms with Gasteiger partial charge in [0, 0.05) is 18.8 Å². The Kier molecular flexibility index (Phi) is 7.16. The predicted octanol–water partition coefficient (Wildman–Crippen LogP) is 3.54. The van der Waals surface area contributed by atoms with Crippen LogP contribution in [-0.4, -0.2) is 64.4 Å². The summed E-state index contributed by atoms with van der Waals surface area (Å²) in [7, 11) is 0. The van der Waals surface area contributed by atoms with Crippen molar-refractivity contribution in [3.05, 3.63) is 46.3 Å². The molecule has 2 aromatic heterocycles. The normalized spacial score (nSPS) is 22.8. The molecule has 0 bridgehead atoms. The monoisotopic (exact) mass is 458 g/mol. The van der Waals surface area contributed by atoms with Gasteiger partial charge in [0.05, 0.1) is 17.5 Å². The number of aliphatic carboxylic acids is 1. The Hall–Kier alpha value is -2.66. The number of hydrogen-bond acceptors (Lipinski definition) is 6. The number of pyridine rings is 1. The summed E-state index contributed by atoms with van der Waals surface area (Å²) in [5, 5.41) is 9.10. The van der Waals surface area contributed by atoms with Crippen molar-refractivity contribution in [1.29, 1.82) is 0 Å². The largest absolute Gasteiger partial charge is 0.490 e. The molecule has 31 heavy (non-hydrogen) atoms. The zero-order valence-corrected chi connectivity index (χ0v) is 17.4. The van der Waals surface area contributed by atoms with Gasteiger partial charge in [-0.2, -0.15) is 13.2 Å². The topological polar surface area (TPSA) is 89.0 Å². The number of ether oxygens (including phenoxy) is 2. The molecule has 2 aromatic rings. The van der Waals surface area contributed by atoms with Crippen LogP contribution < -0.4 is 4.74 Å². The van der Waals surface area contributed by atoms with Crippen molar-refractivity contribution in [2.75, 3.05) is 13.2 Å². The summed E-state index contributed by atoms with van der Waals surface area (Å²) in [6.07, 6.45) is -1.72. The molecule has 0 radical (unpaired) electrons. The molecule has 11 heteroatoms. The number of carboxylic acids is 1. The van der Waals surface area contributed by atoms with Gasteiger partial charge in [-0.15, -0.1) is 11.3 Å². The van der Waals surface area contributed by atoms with E-state index in [1.807, 2.05) is 41.5 Å². The molecule has 3 heterocycles. The van der Waals surface area contributed by atoms with Crippen molar-refractivity contribution in [2.45, 2.75) is 44.2 Å². The Labute approximate surface area is 180 Å². The molecule has 1 saturated carbocycles. The molecule has 168 valence electrons. The minimum Gasteiger partial charge on any atom is -0.475 e. The lowest BCUT2D eigenvalue weighted by molar-refractivity contribution is -0.192. The Morgan fingerprint density at radius 2 is 2.03 bits per heavy atom. The number of alkyl halides is 3. The fourth-order valence-electron chi connectivity index (χ4n) is 3.59. The van der Waals surface area contributed by atoms with Gasteiger partial charge in [-0.1, -0.05) is 6.07 Å². The van der Waals surface area contributed by atoms with Gasteiger partial charge in [-0.25, -0.2) is 9.78 Å². The van der Waals surface area contributed by atoms with Crippen molar-refractivity contribution < 1.29 is 37.3 Å². The number of thiophene rings is 1. The van der Waals surface area contributed by atoms with Crippen LogP contribution in [0.25, 0.3) is 0 Å². The molecule has 1 aliphatic heterocycles.